The molecule has 1 aliphatic rings. The fourth-order valence-electron chi connectivity index (χ4n) is 1.97. The predicted molar refractivity (Wildman–Crippen MR) is 62.7 cm³/mol. The molecule has 2 heterocycles. The second-order valence-corrected chi connectivity index (χ2v) is 3.95. The van der Waals surface area contributed by atoms with Crippen molar-refractivity contribution < 1.29 is 0 Å². The number of nitrogens with two attached hydrogens (primary N) is 1. The summed E-state index contributed by atoms with van der Waals surface area (Å²) in [6.45, 7) is 4.74. The first kappa shape index (κ1) is 10.2. The first-order valence-corrected chi connectivity index (χ1v) is 5.36. The zero-order chi connectivity index (χ0) is 10.7. The van der Waals surface area contributed by atoms with Gasteiger partial charge in [-0.1, -0.05) is 17.7 Å². The van der Waals surface area contributed by atoms with Crippen molar-refractivity contribution >= 4 is 5.82 Å². The van der Waals surface area contributed by atoms with Crippen molar-refractivity contribution in [1.29, 1.82) is 0 Å². The maximum absolute atomic E-state index is 5.71. The van der Waals surface area contributed by atoms with Crippen LogP contribution in [-0.2, 0) is 6.54 Å². The summed E-state index contributed by atoms with van der Waals surface area (Å²) < 4.78 is 0. The summed E-state index contributed by atoms with van der Waals surface area (Å²) >= 11 is 0. The molecule has 0 radical (unpaired) electrons. The van der Waals surface area contributed by atoms with Gasteiger partial charge in [-0.15, -0.1) is 0 Å². The molecule has 2 N–H and O–H groups in total. The van der Waals surface area contributed by atoms with Crippen molar-refractivity contribution in [1.82, 2.24) is 4.98 Å². The van der Waals surface area contributed by atoms with Gasteiger partial charge in [0.2, 0.25) is 0 Å². The van der Waals surface area contributed by atoms with E-state index in [0.717, 1.165) is 30.9 Å². The minimum Gasteiger partial charge on any atom is -0.352 e. The average Bonchev–Trinajstić information content (AvgIpc) is 2.29. The molecular weight excluding hydrogens is 186 g/mol. The summed E-state index contributed by atoms with van der Waals surface area (Å²) in [6.07, 6.45) is 5.23. The standard InChI is InChI=1S/C12H17N3/c1-10-4-3-7-15(9-10)12-11(8-13)5-2-6-14-12/h2,4-6H,3,7-9,13H2,1H3. The van der Waals surface area contributed by atoms with E-state index in [2.05, 4.69) is 29.0 Å². The highest BCUT2D eigenvalue weighted by molar-refractivity contribution is 5.48. The van der Waals surface area contributed by atoms with Crippen LogP contribution in [0.25, 0.3) is 0 Å². The van der Waals surface area contributed by atoms with Gasteiger partial charge in [-0.25, -0.2) is 4.98 Å². The van der Waals surface area contributed by atoms with Gasteiger partial charge in [0.05, 0.1) is 0 Å². The molecule has 0 fully saturated rings. The summed E-state index contributed by atoms with van der Waals surface area (Å²) in [5.41, 5.74) is 8.25. The zero-order valence-electron chi connectivity index (χ0n) is 9.11. The zero-order valence-corrected chi connectivity index (χ0v) is 9.11. The topological polar surface area (TPSA) is 42.2 Å². The molecule has 3 heteroatoms. The monoisotopic (exact) mass is 203 g/mol. The van der Waals surface area contributed by atoms with E-state index in [1.807, 2.05) is 12.3 Å². The SMILES string of the molecule is CC1=CCCN(c2ncccc2CN)C1. The lowest BCUT2D eigenvalue weighted by Crippen LogP contribution is -2.31. The van der Waals surface area contributed by atoms with E-state index in [0.29, 0.717) is 6.54 Å². The van der Waals surface area contributed by atoms with Gasteiger partial charge >= 0.3 is 0 Å². The lowest BCUT2D eigenvalue weighted by molar-refractivity contribution is 0.770. The molecule has 0 bridgehead atoms. The third-order valence-corrected chi connectivity index (χ3v) is 2.72. The normalized spacial score (nSPS) is 16.4. The Labute approximate surface area is 90.6 Å². The molecule has 0 amide bonds. The van der Waals surface area contributed by atoms with Gasteiger partial charge in [0.1, 0.15) is 5.82 Å². The minimum atomic E-state index is 0.558. The van der Waals surface area contributed by atoms with E-state index in [1.54, 1.807) is 0 Å². The molecule has 0 saturated heterocycles. The third-order valence-electron chi connectivity index (χ3n) is 2.72. The predicted octanol–water partition coefficient (Wildman–Crippen LogP) is 1.70. The van der Waals surface area contributed by atoms with E-state index >= 15 is 0 Å². The number of nitrogens with zero attached hydrogens (tertiary/aromatic N) is 2. The van der Waals surface area contributed by atoms with Crippen LogP contribution in [0.3, 0.4) is 0 Å². The van der Waals surface area contributed by atoms with Gasteiger partial charge in [-0.05, 0) is 19.4 Å². The highest BCUT2D eigenvalue weighted by atomic mass is 15.2. The van der Waals surface area contributed by atoms with Crippen molar-refractivity contribution in [3.8, 4) is 0 Å². The second kappa shape index (κ2) is 4.45. The largest absolute Gasteiger partial charge is 0.352 e. The van der Waals surface area contributed by atoms with Gasteiger partial charge in [-0.3, -0.25) is 0 Å². The molecule has 1 aliphatic heterocycles. The smallest absolute Gasteiger partial charge is 0.133 e. The minimum absolute atomic E-state index is 0.558. The van der Waals surface area contributed by atoms with E-state index in [9.17, 15) is 0 Å². The number of hydrogen-bond acceptors (Lipinski definition) is 3. The summed E-state index contributed by atoms with van der Waals surface area (Å²) in [7, 11) is 0. The van der Waals surface area contributed by atoms with Crippen LogP contribution >= 0.6 is 0 Å². The lowest BCUT2D eigenvalue weighted by atomic mass is 10.1. The Hall–Kier alpha value is -1.35. The second-order valence-electron chi connectivity index (χ2n) is 3.95. The fraction of sp³-hybridized carbons (Fsp3) is 0.417. The van der Waals surface area contributed by atoms with Crippen molar-refractivity contribution in [2.24, 2.45) is 5.73 Å². The van der Waals surface area contributed by atoms with Crippen LogP contribution in [0.4, 0.5) is 5.82 Å². The van der Waals surface area contributed by atoms with Crippen LogP contribution in [0, 0.1) is 0 Å². The van der Waals surface area contributed by atoms with Gasteiger partial charge in [0, 0.05) is 31.4 Å². The number of pyridine rings is 1. The van der Waals surface area contributed by atoms with E-state index in [1.165, 1.54) is 5.57 Å². The molecule has 0 unspecified atom stereocenters. The average molecular weight is 203 g/mol. The summed E-state index contributed by atoms with van der Waals surface area (Å²) in [6, 6.07) is 3.99. The summed E-state index contributed by atoms with van der Waals surface area (Å²) in [5.74, 6) is 1.05. The molecule has 0 spiro atoms. The summed E-state index contributed by atoms with van der Waals surface area (Å²) in [5, 5.41) is 0. The maximum Gasteiger partial charge on any atom is 0.133 e. The number of hydrogen-bond donors (Lipinski definition) is 1. The summed E-state index contributed by atoms with van der Waals surface area (Å²) in [4.78, 5) is 6.73. The van der Waals surface area contributed by atoms with Crippen LogP contribution in [0.15, 0.2) is 30.0 Å². The molecule has 15 heavy (non-hydrogen) atoms. The molecule has 2 rings (SSSR count). The van der Waals surface area contributed by atoms with Crippen molar-refractivity contribution in [2.45, 2.75) is 19.9 Å². The molecule has 3 nitrogen and oxygen atoms in total. The van der Waals surface area contributed by atoms with E-state index in [-0.39, 0.29) is 0 Å². The van der Waals surface area contributed by atoms with Crippen LogP contribution in [0.2, 0.25) is 0 Å². The molecule has 0 saturated carbocycles. The quantitative estimate of drug-likeness (QED) is 0.744. The highest BCUT2D eigenvalue weighted by Gasteiger charge is 2.14. The first-order chi connectivity index (χ1) is 7.31. The Morgan fingerprint density at radius 3 is 3.13 bits per heavy atom. The Morgan fingerprint density at radius 2 is 2.40 bits per heavy atom. The molecule has 0 aromatic carbocycles. The van der Waals surface area contributed by atoms with Crippen LogP contribution < -0.4 is 10.6 Å². The van der Waals surface area contributed by atoms with Crippen molar-refractivity contribution in [3.63, 3.8) is 0 Å². The third kappa shape index (κ3) is 2.18. The Bertz CT molecular complexity index is 371. The maximum atomic E-state index is 5.71. The van der Waals surface area contributed by atoms with Crippen molar-refractivity contribution in [2.75, 3.05) is 18.0 Å². The van der Waals surface area contributed by atoms with Gasteiger partial charge < -0.3 is 10.6 Å². The fourth-order valence-corrected chi connectivity index (χ4v) is 1.97. The van der Waals surface area contributed by atoms with Crippen LogP contribution in [0.1, 0.15) is 18.9 Å². The molecule has 80 valence electrons. The van der Waals surface area contributed by atoms with Crippen LogP contribution in [-0.4, -0.2) is 18.1 Å². The Balaban J connectivity index is 2.25. The molecule has 1 aromatic rings. The number of rotatable bonds is 2. The Morgan fingerprint density at radius 1 is 1.53 bits per heavy atom. The van der Waals surface area contributed by atoms with Gasteiger partial charge in [-0.2, -0.15) is 0 Å². The van der Waals surface area contributed by atoms with Gasteiger partial charge in [0.25, 0.3) is 0 Å². The van der Waals surface area contributed by atoms with E-state index < -0.39 is 0 Å². The Kier molecular flexibility index (Phi) is 3.02. The van der Waals surface area contributed by atoms with E-state index in [4.69, 9.17) is 5.73 Å². The van der Waals surface area contributed by atoms with Crippen molar-refractivity contribution in [3.05, 3.63) is 35.5 Å². The first-order valence-electron chi connectivity index (χ1n) is 5.36. The number of anilines is 1. The van der Waals surface area contributed by atoms with Gasteiger partial charge in [0.15, 0.2) is 0 Å². The molecule has 1 aromatic heterocycles. The van der Waals surface area contributed by atoms with Crippen LogP contribution in [0.5, 0.6) is 0 Å². The number of aromatic nitrogens is 1. The molecule has 0 atom stereocenters. The molecule has 0 aliphatic carbocycles. The highest BCUT2D eigenvalue weighted by Crippen LogP contribution is 2.20. The lowest BCUT2D eigenvalue weighted by Gasteiger charge is -2.28. The molecular formula is C12H17N3.